The van der Waals surface area contributed by atoms with Gasteiger partial charge in [-0.25, -0.2) is 0 Å². The lowest BCUT2D eigenvalue weighted by atomic mass is 9.94. The molecule has 1 unspecified atom stereocenters. The fraction of sp³-hybridized carbons (Fsp3) is 0.824. The summed E-state index contributed by atoms with van der Waals surface area (Å²) < 4.78 is 5.30. The molecule has 1 rings (SSSR count). The molecule has 0 saturated carbocycles. The van der Waals surface area contributed by atoms with E-state index in [0.29, 0.717) is 52.1 Å². The van der Waals surface area contributed by atoms with Crippen LogP contribution in [0.2, 0.25) is 0 Å². The summed E-state index contributed by atoms with van der Waals surface area (Å²) in [6, 6.07) is 0. The molecule has 1 saturated heterocycles. The Hall–Kier alpha value is -1.63. The van der Waals surface area contributed by atoms with Crippen molar-refractivity contribution < 1.29 is 24.2 Å². The van der Waals surface area contributed by atoms with Crippen molar-refractivity contribution in [3.8, 4) is 0 Å². The van der Waals surface area contributed by atoms with Gasteiger partial charge >= 0.3 is 5.97 Å². The zero-order valence-corrected chi connectivity index (χ0v) is 15.0. The number of carboxylic acids is 1. The van der Waals surface area contributed by atoms with Crippen molar-refractivity contribution in [2.75, 3.05) is 39.4 Å². The van der Waals surface area contributed by atoms with E-state index in [-0.39, 0.29) is 24.3 Å². The van der Waals surface area contributed by atoms with Gasteiger partial charge in [-0.15, -0.1) is 0 Å². The highest BCUT2D eigenvalue weighted by Gasteiger charge is 2.30. The molecule has 1 N–H and O–H groups in total. The van der Waals surface area contributed by atoms with Crippen molar-refractivity contribution in [2.45, 2.75) is 40.0 Å². The van der Waals surface area contributed by atoms with Crippen molar-refractivity contribution in [1.82, 2.24) is 9.80 Å². The Balaban J connectivity index is 2.61. The van der Waals surface area contributed by atoms with Gasteiger partial charge in [-0.1, -0.05) is 6.92 Å². The Morgan fingerprint density at radius 2 is 1.92 bits per heavy atom. The van der Waals surface area contributed by atoms with Gasteiger partial charge in [0.25, 0.3) is 0 Å². The molecule has 0 bridgehead atoms. The lowest BCUT2D eigenvalue weighted by molar-refractivity contribution is -0.145. The summed E-state index contributed by atoms with van der Waals surface area (Å²) >= 11 is 0. The predicted molar refractivity (Wildman–Crippen MR) is 89.5 cm³/mol. The molecule has 0 aliphatic carbocycles. The molecule has 7 heteroatoms. The summed E-state index contributed by atoms with van der Waals surface area (Å²) in [6.07, 6.45) is 1.97. The van der Waals surface area contributed by atoms with E-state index in [1.807, 2.05) is 6.92 Å². The standard InChI is InChI=1S/C17H30N2O5/c1-4-24-11-5-8-19(12-13(2)17(22)23)16(21)15-6-9-18(10-7-15)14(3)20/h13,15H,4-12H2,1-3H3,(H,22,23). The third-order valence-corrected chi connectivity index (χ3v) is 4.44. The number of ether oxygens (including phenoxy) is 1. The minimum Gasteiger partial charge on any atom is -0.481 e. The topological polar surface area (TPSA) is 87.2 Å². The molecule has 0 radical (unpaired) electrons. The highest BCUT2D eigenvalue weighted by atomic mass is 16.5. The molecule has 7 nitrogen and oxygen atoms in total. The SMILES string of the molecule is CCOCCCN(CC(C)C(=O)O)C(=O)C1CCN(C(C)=O)CC1. The molecule has 1 atom stereocenters. The number of carbonyl (C=O) groups excluding carboxylic acids is 2. The van der Waals surface area contributed by atoms with E-state index in [0.717, 1.165) is 0 Å². The minimum absolute atomic E-state index is 0.00259. The van der Waals surface area contributed by atoms with Crippen LogP contribution in [0.25, 0.3) is 0 Å². The number of amides is 2. The first-order valence-electron chi connectivity index (χ1n) is 8.71. The second kappa shape index (κ2) is 10.3. The molecular weight excluding hydrogens is 312 g/mol. The zero-order valence-electron chi connectivity index (χ0n) is 15.0. The predicted octanol–water partition coefficient (Wildman–Crippen LogP) is 1.22. The van der Waals surface area contributed by atoms with E-state index >= 15 is 0 Å². The van der Waals surface area contributed by atoms with Crippen LogP contribution >= 0.6 is 0 Å². The lowest BCUT2D eigenvalue weighted by Gasteiger charge is -2.34. The first-order valence-corrected chi connectivity index (χ1v) is 8.71. The number of hydrogen-bond donors (Lipinski definition) is 1. The van der Waals surface area contributed by atoms with Crippen molar-refractivity contribution in [3.63, 3.8) is 0 Å². The van der Waals surface area contributed by atoms with Gasteiger partial charge in [0.1, 0.15) is 0 Å². The Morgan fingerprint density at radius 3 is 2.42 bits per heavy atom. The monoisotopic (exact) mass is 342 g/mol. The van der Waals surface area contributed by atoms with E-state index < -0.39 is 11.9 Å². The van der Waals surface area contributed by atoms with Crippen molar-refractivity contribution >= 4 is 17.8 Å². The van der Waals surface area contributed by atoms with Crippen LogP contribution in [0.3, 0.4) is 0 Å². The van der Waals surface area contributed by atoms with E-state index in [1.165, 1.54) is 6.92 Å². The molecule has 0 spiro atoms. The first kappa shape index (κ1) is 20.4. The maximum Gasteiger partial charge on any atom is 0.308 e. The maximum absolute atomic E-state index is 12.8. The number of rotatable bonds is 9. The fourth-order valence-corrected chi connectivity index (χ4v) is 2.90. The largest absolute Gasteiger partial charge is 0.481 e. The Bertz CT molecular complexity index is 433. The third kappa shape index (κ3) is 6.47. The summed E-state index contributed by atoms with van der Waals surface area (Å²) in [5.41, 5.74) is 0. The van der Waals surface area contributed by atoms with E-state index in [9.17, 15) is 14.4 Å². The molecule has 0 aromatic rings. The maximum atomic E-state index is 12.8. The van der Waals surface area contributed by atoms with Gasteiger partial charge in [-0.2, -0.15) is 0 Å². The van der Waals surface area contributed by atoms with Crippen LogP contribution in [0.15, 0.2) is 0 Å². The van der Waals surface area contributed by atoms with E-state index in [4.69, 9.17) is 9.84 Å². The molecule has 1 aliphatic heterocycles. The van der Waals surface area contributed by atoms with Crippen LogP contribution in [0.4, 0.5) is 0 Å². The average molecular weight is 342 g/mol. The van der Waals surface area contributed by atoms with Crippen LogP contribution in [-0.2, 0) is 19.1 Å². The molecule has 1 aliphatic rings. The fourth-order valence-electron chi connectivity index (χ4n) is 2.90. The van der Waals surface area contributed by atoms with Crippen molar-refractivity contribution in [3.05, 3.63) is 0 Å². The summed E-state index contributed by atoms with van der Waals surface area (Å²) in [7, 11) is 0. The molecule has 2 amide bonds. The molecule has 0 aromatic carbocycles. The summed E-state index contributed by atoms with van der Waals surface area (Å²) in [4.78, 5) is 38.7. The lowest BCUT2D eigenvalue weighted by Crippen LogP contribution is -2.46. The number of likely N-dealkylation sites (tertiary alicyclic amines) is 1. The molecule has 1 heterocycles. The van der Waals surface area contributed by atoms with Gasteiger partial charge in [0.15, 0.2) is 0 Å². The summed E-state index contributed by atoms with van der Waals surface area (Å²) in [5, 5.41) is 9.12. The Labute approximate surface area is 143 Å². The number of nitrogens with zero attached hydrogens (tertiary/aromatic N) is 2. The minimum atomic E-state index is -0.899. The first-order chi connectivity index (χ1) is 11.4. The van der Waals surface area contributed by atoms with Crippen LogP contribution in [-0.4, -0.2) is 72.1 Å². The Kier molecular flexibility index (Phi) is 8.74. The number of carbonyl (C=O) groups is 3. The van der Waals surface area contributed by atoms with Gasteiger partial charge in [0.05, 0.1) is 5.92 Å². The van der Waals surface area contributed by atoms with Crippen LogP contribution in [0, 0.1) is 11.8 Å². The quantitative estimate of drug-likeness (QED) is 0.637. The average Bonchev–Trinajstić information content (AvgIpc) is 2.56. The number of hydrogen-bond acceptors (Lipinski definition) is 4. The normalized spacial score (nSPS) is 16.7. The highest BCUT2D eigenvalue weighted by Crippen LogP contribution is 2.20. The van der Waals surface area contributed by atoms with E-state index in [1.54, 1.807) is 16.7 Å². The number of aliphatic carboxylic acids is 1. The molecule has 24 heavy (non-hydrogen) atoms. The number of carboxylic acid groups (broad SMARTS) is 1. The van der Waals surface area contributed by atoms with Gasteiger partial charge in [-0.3, -0.25) is 14.4 Å². The van der Waals surface area contributed by atoms with Crippen LogP contribution in [0.1, 0.15) is 40.0 Å². The van der Waals surface area contributed by atoms with E-state index in [2.05, 4.69) is 0 Å². The third-order valence-electron chi connectivity index (χ3n) is 4.44. The van der Waals surface area contributed by atoms with Gasteiger partial charge in [-0.05, 0) is 26.2 Å². The number of piperidine rings is 1. The van der Waals surface area contributed by atoms with Crippen molar-refractivity contribution in [2.24, 2.45) is 11.8 Å². The summed E-state index contributed by atoms with van der Waals surface area (Å²) in [5.74, 6) is -1.59. The van der Waals surface area contributed by atoms with Gasteiger partial charge in [0.2, 0.25) is 11.8 Å². The zero-order chi connectivity index (χ0) is 18.1. The van der Waals surface area contributed by atoms with Crippen molar-refractivity contribution in [1.29, 1.82) is 0 Å². The van der Waals surface area contributed by atoms with Crippen LogP contribution in [0.5, 0.6) is 0 Å². The summed E-state index contributed by atoms with van der Waals surface area (Å²) in [6.45, 7) is 8.16. The smallest absolute Gasteiger partial charge is 0.308 e. The second-order valence-electron chi connectivity index (χ2n) is 6.35. The second-order valence-corrected chi connectivity index (χ2v) is 6.35. The molecule has 138 valence electrons. The molecular formula is C17H30N2O5. The highest BCUT2D eigenvalue weighted by molar-refractivity contribution is 5.80. The van der Waals surface area contributed by atoms with Gasteiger partial charge in [0, 0.05) is 52.2 Å². The molecule has 0 aromatic heterocycles. The van der Waals surface area contributed by atoms with Crippen LogP contribution < -0.4 is 0 Å². The molecule has 1 fully saturated rings. The Morgan fingerprint density at radius 1 is 1.29 bits per heavy atom. The van der Waals surface area contributed by atoms with Gasteiger partial charge < -0.3 is 19.6 Å².